The Balaban J connectivity index is 1.47. The van der Waals surface area contributed by atoms with Crippen molar-refractivity contribution in [3.8, 4) is 5.75 Å². The van der Waals surface area contributed by atoms with Crippen molar-refractivity contribution in [1.29, 1.82) is 0 Å². The second-order valence-electron chi connectivity index (χ2n) is 6.71. The van der Waals surface area contributed by atoms with Gasteiger partial charge in [0, 0.05) is 12.6 Å². The molecule has 0 spiro atoms. The molecule has 1 aliphatic heterocycles. The number of nitrogens with one attached hydrogen (secondary N) is 2. The molecule has 1 aliphatic carbocycles. The number of para-hydroxylation sites is 2. The molecule has 0 radical (unpaired) electrons. The monoisotopic (exact) mass is 332 g/mol. The minimum Gasteiger partial charge on any atom is -0.489 e. The van der Waals surface area contributed by atoms with Crippen molar-refractivity contribution in [2.24, 2.45) is 0 Å². The van der Waals surface area contributed by atoms with Crippen LogP contribution in [0.15, 0.2) is 24.3 Å². The molecule has 5 nitrogen and oxygen atoms in total. The van der Waals surface area contributed by atoms with Crippen LogP contribution in [0.1, 0.15) is 44.9 Å². The van der Waals surface area contributed by atoms with Gasteiger partial charge in [0.25, 0.3) is 0 Å². The van der Waals surface area contributed by atoms with E-state index >= 15 is 0 Å². The lowest BCUT2D eigenvalue weighted by molar-refractivity contribution is -0.115. The molecule has 132 valence electrons. The van der Waals surface area contributed by atoms with E-state index in [1.165, 1.54) is 32.1 Å². The van der Waals surface area contributed by atoms with E-state index in [0.717, 1.165) is 25.1 Å². The molecule has 2 aliphatic rings. The normalized spacial score (nSPS) is 21.6. The molecule has 1 aromatic rings. The number of anilines is 1. The van der Waals surface area contributed by atoms with Crippen LogP contribution in [0, 0.1) is 0 Å². The lowest BCUT2D eigenvalue weighted by atomic mass is 9.95. The Morgan fingerprint density at radius 2 is 1.96 bits per heavy atom. The van der Waals surface area contributed by atoms with Crippen LogP contribution in [0.5, 0.6) is 5.75 Å². The van der Waals surface area contributed by atoms with Gasteiger partial charge in [0.05, 0.1) is 18.3 Å². The summed E-state index contributed by atoms with van der Waals surface area (Å²) in [6, 6.07) is 8.07. The second-order valence-corrected chi connectivity index (χ2v) is 6.71. The highest BCUT2D eigenvalue weighted by molar-refractivity contribution is 5.93. The van der Waals surface area contributed by atoms with Crippen molar-refractivity contribution in [1.82, 2.24) is 5.32 Å². The SMILES string of the molecule is O=C(CNC1CCCCC1)Nc1ccccc1OCC1CCCO1. The van der Waals surface area contributed by atoms with Crippen LogP contribution in [0.25, 0.3) is 0 Å². The zero-order valence-electron chi connectivity index (χ0n) is 14.3. The van der Waals surface area contributed by atoms with Gasteiger partial charge in [0.15, 0.2) is 0 Å². The van der Waals surface area contributed by atoms with Gasteiger partial charge in [-0.25, -0.2) is 0 Å². The fourth-order valence-electron chi connectivity index (χ4n) is 3.39. The van der Waals surface area contributed by atoms with Crippen molar-refractivity contribution in [3.63, 3.8) is 0 Å². The second kappa shape index (κ2) is 9.04. The van der Waals surface area contributed by atoms with E-state index in [4.69, 9.17) is 9.47 Å². The minimum absolute atomic E-state index is 0.0197. The highest BCUT2D eigenvalue weighted by Crippen LogP contribution is 2.25. The molecule has 5 heteroatoms. The predicted molar refractivity (Wildman–Crippen MR) is 94.4 cm³/mol. The topological polar surface area (TPSA) is 59.6 Å². The maximum absolute atomic E-state index is 12.2. The van der Waals surface area contributed by atoms with Gasteiger partial charge in [-0.1, -0.05) is 31.4 Å². The summed E-state index contributed by atoms with van der Waals surface area (Å²) in [7, 11) is 0. The summed E-state index contributed by atoms with van der Waals surface area (Å²) in [6.45, 7) is 1.71. The number of hydrogen-bond donors (Lipinski definition) is 2. The first-order chi connectivity index (χ1) is 11.8. The summed E-state index contributed by atoms with van der Waals surface area (Å²) in [5, 5.41) is 6.32. The molecule has 2 fully saturated rings. The van der Waals surface area contributed by atoms with E-state index < -0.39 is 0 Å². The maximum Gasteiger partial charge on any atom is 0.238 e. The molecule has 0 bridgehead atoms. The Morgan fingerprint density at radius 1 is 1.12 bits per heavy atom. The van der Waals surface area contributed by atoms with Gasteiger partial charge in [-0.2, -0.15) is 0 Å². The Hall–Kier alpha value is -1.59. The van der Waals surface area contributed by atoms with Crippen LogP contribution in [0.4, 0.5) is 5.69 Å². The highest BCUT2D eigenvalue weighted by Gasteiger charge is 2.18. The molecule has 1 amide bonds. The quantitative estimate of drug-likeness (QED) is 0.805. The molecular weight excluding hydrogens is 304 g/mol. The van der Waals surface area contributed by atoms with E-state index in [0.29, 0.717) is 24.9 Å². The highest BCUT2D eigenvalue weighted by atomic mass is 16.5. The number of carbonyl (C=O) groups excluding carboxylic acids is 1. The number of benzene rings is 1. The Labute approximate surface area is 144 Å². The first kappa shape index (κ1) is 17.2. The van der Waals surface area contributed by atoms with Gasteiger partial charge in [-0.3, -0.25) is 4.79 Å². The van der Waals surface area contributed by atoms with Gasteiger partial charge in [0.1, 0.15) is 12.4 Å². The van der Waals surface area contributed by atoms with E-state index in [2.05, 4.69) is 10.6 Å². The molecule has 24 heavy (non-hydrogen) atoms. The van der Waals surface area contributed by atoms with Crippen molar-refractivity contribution in [3.05, 3.63) is 24.3 Å². The fourth-order valence-corrected chi connectivity index (χ4v) is 3.39. The van der Waals surface area contributed by atoms with Crippen LogP contribution in [0.3, 0.4) is 0 Å². The van der Waals surface area contributed by atoms with E-state index in [1.807, 2.05) is 24.3 Å². The predicted octanol–water partition coefficient (Wildman–Crippen LogP) is 3.11. The third-order valence-corrected chi connectivity index (χ3v) is 4.77. The molecule has 1 atom stereocenters. The lowest BCUT2D eigenvalue weighted by Crippen LogP contribution is -2.37. The third-order valence-electron chi connectivity index (χ3n) is 4.77. The van der Waals surface area contributed by atoms with Crippen molar-refractivity contribution in [2.45, 2.75) is 57.1 Å². The Kier molecular flexibility index (Phi) is 6.49. The lowest BCUT2D eigenvalue weighted by Gasteiger charge is -2.22. The number of rotatable bonds is 7. The van der Waals surface area contributed by atoms with Gasteiger partial charge >= 0.3 is 0 Å². The Bertz CT molecular complexity index is 523. The zero-order chi connectivity index (χ0) is 16.6. The van der Waals surface area contributed by atoms with E-state index in [9.17, 15) is 4.79 Å². The summed E-state index contributed by atoms with van der Waals surface area (Å²) in [5.74, 6) is 0.688. The van der Waals surface area contributed by atoms with E-state index in [-0.39, 0.29) is 12.0 Å². The smallest absolute Gasteiger partial charge is 0.238 e. The average molecular weight is 332 g/mol. The van der Waals surface area contributed by atoms with Crippen LogP contribution < -0.4 is 15.4 Å². The van der Waals surface area contributed by atoms with Crippen molar-refractivity contribution >= 4 is 11.6 Å². The molecule has 1 unspecified atom stereocenters. The van der Waals surface area contributed by atoms with E-state index in [1.54, 1.807) is 0 Å². The van der Waals surface area contributed by atoms with Crippen LogP contribution in [-0.2, 0) is 9.53 Å². The molecule has 1 aromatic carbocycles. The molecule has 1 saturated heterocycles. The van der Waals surface area contributed by atoms with Crippen LogP contribution >= 0.6 is 0 Å². The molecule has 1 saturated carbocycles. The number of hydrogen-bond acceptors (Lipinski definition) is 4. The number of amides is 1. The maximum atomic E-state index is 12.2. The molecule has 1 heterocycles. The van der Waals surface area contributed by atoms with Gasteiger partial charge < -0.3 is 20.1 Å². The summed E-state index contributed by atoms with van der Waals surface area (Å²) < 4.78 is 11.4. The number of carbonyl (C=O) groups is 1. The van der Waals surface area contributed by atoms with Gasteiger partial charge in [0.2, 0.25) is 5.91 Å². The zero-order valence-corrected chi connectivity index (χ0v) is 14.3. The number of ether oxygens (including phenoxy) is 2. The largest absolute Gasteiger partial charge is 0.489 e. The molecule has 2 N–H and O–H groups in total. The summed E-state index contributed by atoms with van der Waals surface area (Å²) >= 11 is 0. The Morgan fingerprint density at radius 3 is 2.75 bits per heavy atom. The summed E-state index contributed by atoms with van der Waals surface area (Å²) in [6.07, 6.45) is 8.50. The summed E-state index contributed by atoms with van der Waals surface area (Å²) in [5.41, 5.74) is 0.728. The van der Waals surface area contributed by atoms with Gasteiger partial charge in [-0.05, 0) is 37.8 Å². The van der Waals surface area contributed by atoms with Crippen LogP contribution in [-0.4, -0.2) is 37.8 Å². The fraction of sp³-hybridized carbons (Fsp3) is 0.632. The minimum atomic E-state index is -0.0197. The standard InChI is InChI=1S/C19H28N2O3/c22-19(13-20-15-7-2-1-3-8-15)21-17-10-4-5-11-18(17)24-14-16-9-6-12-23-16/h4-5,10-11,15-16,20H,1-3,6-9,12-14H2,(H,21,22). The first-order valence-electron chi connectivity index (χ1n) is 9.18. The average Bonchev–Trinajstić information content (AvgIpc) is 3.14. The molecule has 0 aromatic heterocycles. The van der Waals surface area contributed by atoms with Crippen molar-refractivity contribution in [2.75, 3.05) is 25.1 Å². The first-order valence-corrected chi connectivity index (χ1v) is 9.18. The summed E-state index contributed by atoms with van der Waals surface area (Å²) in [4.78, 5) is 12.2. The van der Waals surface area contributed by atoms with Crippen LogP contribution in [0.2, 0.25) is 0 Å². The van der Waals surface area contributed by atoms with Crippen molar-refractivity contribution < 1.29 is 14.3 Å². The van der Waals surface area contributed by atoms with Gasteiger partial charge in [-0.15, -0.1) is 0 Å². The molecular formula is C19H28N2O3. The molecule has 3 rings (SSSR count). The third kappa shape index (κ3) is 5.21.